The van der Waals surface area contributed by atoms with E-state index in [1.165, 1.54) is 141 Å². The number of hydrogen-bond acceptors (Lipinski definition) is 0. The Balaban J connectivity index is 2.40. The van der Waals surface area contributed by atoms with Crippen molar-refractivity contribution in [2.24, 2.45) is 0 Å². The molecule has 0 atom stereocenters. The van der Waals surface area contributed by atoms with Crippen LogP contribution in [0.15, 0.2) is 18.5 Å². The van der Waals surface area contributed by atoms with E-state index >= 15 is 0 Å². The first kappa shape index (κ1) is 28.2. The van der Waals surface area contributed by atoms with Crippen LogP contribution in [0.3, 0.4) is 0 Å². The zero-order valence-corrected chi connectivity index (χ0v) is 21.7. The zero-order chi connectivity index (χ0) is 22.4. The molecule has 0 unspecified atom stereocenters. The van der Waals surface area contributed by atoms with E-state index in [4.69, 9.17) is 0 Å². The highest BCUT2D eigenvalue weighted by Crippen LogP contribution is 2.16. The Hall–Kier alpha value is -0.850. The Labute approximate surface area is 196 Å². The predicted octanol–water partition coefficient (Wildman–Crippen LogP) is 9.53. The second-order valence-corrected chi connectivity index (χ2v) is 9.89. The highest BCUT2D eigenvalue weighted by atomic mass is 14.9. The monoisotopic (exact) mass is 430 g/mol. The van der Waals surface area contributed by atoms with Crippen molar-refractivity contribution in [2.45, 2.75) is 162 Å². The van der Waals surface area contributed by atoms with Crippen LogP contribution < -0.4 is 4.57 Å². The summed E-state index contributed by atoms with van der Waals surface area (Å²) in [4.78, 5) is 0. The minimum absolute atomic E-state index is 1.20. The Morgan fingerprint density at radius 1 is 0.484 bits per heavy atom. The molecule has 31 heavy (non-hydrogen) atoms. The minimum Gasteiger partial charge on any atom is -0.205 e. The lowest BCUT2D eigenvalue weighted by Crippen LogP contribution is -2.34. The molecule has 1 aromatic heterocycles. The Bertz CT molecular complexity index is 507. The molecule has 1 rings (SSSR count). The molecule has 0 aromatic carbocycles. The lowest BCUT2D eigenvalue weighted by molar-refractivity contribution is -0.697. The molecule has 0 aliphatic rings. The van der Waals surface area contributed by atoms with Crippen molar-refractivity contribution < 1.29 is 4.57 Å². The first-order chi connectivity index (χ1) is 15.3. The van der Waals surface area contributed by atoms with Crippen molar-refractivity contribution in [2.75, 3.05) is 0 Å². The summed E-state index contributed by atoms with van der Waals surface area (Å²) in [5.74, 6) is 0. The van der Waals surface area contributed by atoms with E-state index in [0.717, 1.165) is 0 Å². The first-order valence-electron chi connectivity index (χ1n) is 14.3. The molecule has 180 valence electrons. The highest BCUT2D eigenvalue weighted by Gasteiger charge is 2.10. The number of aryl methyl sites for hydroxylation is 3. The average Bonchev–Trinajstić information content (AvgIpc) is 2.78. The fraction of sp³-hybridized carbons (Fsp3) is 0.833. The molecule has 1 heterocycles. The maximum atomic E-state index is 2.51. The van der Waals surface area contributed by atoms with Gasteiger partial charge in [-0.1, -0.05) is 117 Å². The molecule has 0 fully saturated rings. The van der Waals surface area contributed by atoms with Crippen molar-refractivity contribution in [1.29, 1.82) is 0 Å². The molecule has 1 nitrogen and oxygen atoms in total. The third-order valence-electron chi connectivity index (χ3n) is 6.82. The second kappa shape index (κ2) is 21.0. The largest absolute Gasteiger partial charge is 0.205 e. The van der Waals surface area contributed by atoms with Gasteiger partial charge in [-0.3, -0.25) is 0 Å². The van der Waals surface area contributed by atoms with Crippen LogP contribution in [0.4, 0.5) is 0 Å². The lowest BCUT2D eigenvalue weighted by atomic mass is 9.98. The molecule has 0 amide bonds. The Kier molecular flexibility index (Phi) is 19.1. The quantitative estimate of drug-likeness (QED) is 0.127. The van der Waals surface area contributed by atoms with Crippen LogP contribution in [0.5, 0.6) is 0 Å². The van der Waals surface area contributed by atoms with Crippen molar-refractivity contribution in [3.8, 4) is 0 Å². The van der Waals surface area contributed by atoms with Gasteiger partial charge in [-0.2, -0.15) is 0 Å². The summed E-state index contributed by atoms with van der Waals surface area (Å²) < 4.78 is 2.49. The molecule has 1 aromatic rings. The summed E-state index contributed by atoms with van der Waals surface area (Å²) in [6.07, 6.45) is 34.0. The third-order valence-corrected chi connectivity index (χ3v) is 6.82. The molecule has 1 heteroatoms. The van der Waals surface area contributed by atoms with E-state index in [2.05, 4.69) is 43.8 Å². The van der Waals surface area contributed by atoms with Crippen molar-refractivity contribution >= 4 is 0 Å². The highest BCUT2D eigenvalue weighted by molar-refractivity contribution is 5.21. The fourth-order valence-corrected chi connectivity index (χ4v) is 4.67. The molecule has 0 spiro atoms. The number of aromatic nitrogens is 1. The summed E-state index contributed by atoms with van der Waals surface area (Å²) in [7, 11) is 0. The van der Waals surface area contributed by atoms with Crippen LogP contribution in [0.2, 0.25) is 0 Å². The second-order valence-electron chi connectivity index (χ2n) is 9.89. The Morgan fingerprint density at radius 3 is 1.42 bits per heavy atom. The minimum atomic E-state index is 1.20. The molecular weight excluding hydrogens is 374 g/mol. The third kappa shape index (κ3) is 15.6. The van der Waals surface area contributed by atoms with Crippen LogP contribution >= 0.6 is 0 Å². The lowest BCUT2D eigenvalue weighted by Gasteiger charge is -2.09. The van der Waals surface area contributed by atoms with Gasteiger partial charge in [0.2, 0.25) is 0 Å². The molecule has 0 aliphatic heterocycles. The van der Waals surface area contributed by atoms with E-state index in [-0.39, 0.29) is 0 Å². The van der Waals surface area contributed by atoms with E-state index in [1.807, 2.05) is 0 Å². The van der Waals surface area contributed by atoms with E-state index in [0.29, 0.717) is 0 Å². The van der Waals surface area contributed by atoms with E-state index in [9.17, 15) is 0 Å². The standard InChI is InChI=1S/C30H56N/c1-4-7-10-13-14-15-16-19-22-26-31-27-25-29(23-20-17-11-8-5-2)30(28-31)24-21-18-12-9-6-3/h25,27-28H,4-24,26H2,1-3H3/q+1. The summed E-state index contributed by atoms with van der Waals surface area (Å²) in [5, 5.41) is 0. The van der Waals surface area contributed by atoms with Gasteiger partial charge in [0.1, 0.15) is 6.54 Å². The zero-order valence-electron chi connectivity index (χ0n) is 21.7. The van der Waals surface area contributed by atoms with Gasteiger partial charge in [-0.25, -0.2) is 4.57 Å². The van der Waals surface area contributed by atoms with Crippen LogP contribution in [0, 0.1) is 0 Å². The van der Waals surface area contributed by atoms with Gasteiger partial charge in [-0.15, -0.1) is 0 Å². The van der Waals surface area contributed by atoms with Crippen molar-refractivity contribution in [3.05, 3.63) is 29.6 Å². The summed E-state index contributed by atoms with van der Waals surface area (Å²) >= 11 is 0. The van der Waals surface area contributed by atoms with Crippen LogP contribution in [0.1, 0.15) is 154 Å². The van der Waals surface area contributed by atoms with Crippen LogP contribution in [-0.2, 0) is 19.4 Å². The van der Waals surface area contributed by atoms with Crippen LogP contribution in [-0.4, -0.2) is 0 Å². The smallest absolute Gasteiger partial charge is 0.172 e. The molecule has 0 bridgehead atoms. The first-order valence-corrected chi connectivity index (χ1v) is 14.3. The van der Waals surface area contributed by atoms with Gasteiger partial charge in [0, 0.05) is 18.1 Å². The molecule has 0 saturated carbocycles. The van der Waals surface area contributed by atoms with Crippen LogP contribution in [0.25, 0.3) is 0 Å². The molecule has 0 aliphatic carbocycles. The predicted molar refractivity (Wildman–Crippen MR) is 139 cm³/mol. The molecule has 0 N–H and O–H groups in total. The summed E-state index contributed by atoms with van der Waals surface area (Å²) in [6, 6.07) is 2.45. The van der Waals surface area contributed by atoms with Gasteiger partial charge < -0.3 is 0 Å². The number of rotatable bonds is 22. The molecule has 0 saturated heterocycles. The molecule has 0 radical (unpaired) electrons. The number of unbranched alkanes of at least 4 members (excludes halogenated alkanes) is 16. The van der Waals surface area contributed by atoms with E-state index < -0.39 is 0 Å². The SMILES string of the molecule is CCCCCCCCCCC[n+]1ccc(CCCCCCC)c(CCCCCCC)c1. The number of hydrogen-bond donors (Lipinski definition) is 0. The number of nitrogens with zero attached hydrogens (tertiary/aromatic N) is 1. The maximum absolute atomic E-state index is 2.51. The molecular formula is C30H56N+. The topological polar surface area (TPSA) is 3.88 Å². The average molecular weight is 431 g/mol. The fourth-order valence-electron chi connectivity index (χ4n) is 4.67. The summed E-state index contributed by atoms with van der Waals surface area (Å²) in [5.41, 5.74) is 3.28. The van der Waals surface area contributed by atoms with Gasteiger partial charge in [-0.05, 0) is 37.7 Å². The normalized spacial score (nSPS) is 11.3. The number of pyridine rings is 1. The summed E-state index contributed by atoms with van der Waals surface area (Å²) in [6.45, 7) is 8.12. The van der Waals surface area contributed by atoms with Crippen molar-refractivity contribution in [3.63, 3.8) is 0 Å². The Morgan fingerprint density at radius 2 is 0.903 bits per heavy atom. The maximum Gasteiger partial charge on any atom is 0.172 e. The van der Waals surface area contributed by atoms with E-state index in [1.54, 1.807) is 11.1 Å². The van der Waals surface area contributed by atoms with Gasteiger partial charge in [0.15, 0.2) is 12.4 Å². The van der Waals surface area contributed by atoms with Gasteiger partial charge in [0.05, 0.1) is 0 Å². The van der Waals surface area contributed by atoms with Crippen molar-refractivity contribution in [1.82, 2.24) is 0 Å². The van der Waals surface area contributed by atoms with Gasteiger partial charge in [0.25, 0.3) is 0 Å². The van der Waals surface area contributed by atoms with Gasteiger partial charge >= 0.3 is 0 Å².